The van der Waals surface area contributed by atoms with Crippen molar-refractivity contribution in [3.63, 3.8) is 0 Å². The van der Waals surface area contributed by atoms with E-state index in [0.29, 0.717) is 19.0 Å². The van der Waals surface area contributed by atoms with Gasteiger partial charge in [-0.05, 0) is 31.0 Å². The summed E-state index contributed by atoms with van der Waals surface area (Å²) in [6, 6.07) is 16.2. The minimum atomic E-state index is 0.177. The maximum Gasteiger partial charge on any atom is 0.277 e. The Kier molecular flexibility index (Phi) is 6.11. The normalized spacial score (nSPS) is 19.2. The number of nitrogens with zero attached hydrogens (tertiary/aromatic N) is 2. The van der Waals surface area contributed by atoms with E-state index in [4.69, 9.17) is 9.72 Å². The van der Waals surface area contributed by atoms with Crippen molar-refractivity contribution in [2.24, 2.45) is 0 Å². The van der Waals surface area contributed by atoms with Crippen molar-refractivity contribution in [1.82, 2.24) is 9.88 Å². The Morgan fingerprint density at radius 1 is 1.24 bits per heavy atom. The molecule has 1 unspecified atom stereocenters. The molecule has 0 bridgehead atoms. The zero-order valence-corrected chi connectivity index (χ0v) is 17.9. The molecular weight excluding hydrogens is 382 g/mol. The number of quaternary nitrogens is 1. The van der Waals surface area contributed by atoms with Crippen molar-refractivity contribution in [2.45, 2.75) is 25.3 Å². The summed E-state index contributed by atoms with van der Waals surface area (Å²) in [5.41, 5.74) is 2.12. The van der Waals surface area contributed by atoms with E-state index in [1.165, 1.54) is 14.6 Å². The van der Waals surface area contributed by atoms with Crippen molar-refractivity contribution in [2.75, 3.05) is 33.8 Å². The Balaban J connectivity index is 1.37. The van der Waals surface area contributed by atoms with Gasteiger partial charge in [-0.3, -0.25) is 4.79 Å². The van der Waals surface area contributed by atoms with Gasteiger partial charge in [0.15, 0.2) is 6.54 Å². The maximum absolute atomic E-state index is 12.9. The first-order chi connectivity index (χ1) is 14.1. The second kappa shape index (κ2) is 8.93. The molecule has 4 rings (SSSR count). The first-order valence-corrected chi connectivity index (χ1v) is 11.0. The number of hydrogen-bond donors (Lipinski definition) is 1. The van der Waals surface area contributed by atoms with Crippen LogP contribution in [0.15, 0.2) is 48.5 Å². The fourth-order valence-electron chi connectivity index (χ4n) is 4.11. The molecule has 0 radical (unpaired) electrons. The van der Waals surface area contributed by atoms with Crippen LogP contribution in [-0.4, -0.2) is 49.6 Å². The molecule has 3 aromatic rings. The van der Waals surface area contributed by atoms with Gasteiger partial charge in [-0.15, -0.1) is 11.3 Å². The summed E-state index contributed by atoms with van der Waals surface area (Å²) in [5, 5.41) is 1.22. The number of carbonyl (C=O) groups excluding carboxylic acids is 1. The first kappa shape index (κ1) is 19.9. The lowest BCUT2D eigenvalue weighted by Crippen LogP contribution is -3.14. The van der Waals surface area contributed by atoms with Crippen LogP contribution >= 0.6 is 11.3 Å². The largest absolute Gasteiger partial charge is 0.496 e. The van der Waals surface area contributed by atoms with E-state index >= 15 is 0 Å². The van der Waals surface area contributed by atoms with Crippen LogP contribution in [0.25, 0.3) is 10.2 Å². The number of aromatic nitrogens is 1. The number of ether oxygens (including phenoxy) is 1. The van der Waals surface area contributed by atoms with Crippen molar-refractivity contribution >= 4 is 27.5 Å². The lowest BCUT2D eigenvalue weighted by molar-refractivity contribution is -0.898. The molecule has 1 saturated heterocycles. The number of thiazole rings is 1. The van der Waals surface area contributed by atoms with Crippen molar-refractivity contribution in [1.29, 1.82) is 0 Å². The predicted molar refractivity (Wildman–Crippen MR) is 117 cm³/mol. The summed E-state index contributed by atoms with van der Waals surface area (Å²) in [6.45, 7) is 3.13. The predicted octanol–water partition coefficient (Wildman–Crippen LogP) is 2.73. The summed E-state index contributed by atoms with van der Waals surface area (Å²) in [7, 11) is 3.55. The van der Waals surface area contributed by atoms with Gasteiger partial charge in [-0.25, -0.2) is 4.98 Å². The Morgan fingerprint density at radius 3 is 2.86 bits per heavy atom. The average molecular weight is 411 g/mol. The van der Waals surface area contributed by atoms with Gasteiger partial charge in [-0.1, -0.05) is 30.3 Å². The van der Waals surface area contributed by atoms with E-state index in [1.54, 1.807) is 18.4 Å². The van der Waals surface area contributed by atoms with E-state index in [-0.39, 0.29) is 5.91 Å². The van der Waals surface area contributed by atoms with Crippen molar-refractivity contribution < 1.29 is 14.4 Å². The standard InChI is InChI=1S/C23H27N3O2S/c1-25(14-17-8-3-5-11-20(17)28-2)22(27)16-26-13-7-9-18(15-26)23-24-19-10-4-6-12-21(19)29-23/h3-6,8,10-12,18H,7,9,13-16H2,1-2H3/p+1/t18-/m0/s1. The Bertz CT molecular complexity index is 954. The van der Waals surface area contributed by atoms with Crippen molar-refractivity contribution in [3.05, 3.63) is 59.1 Å². The van der Waals surface area contributed by atoms with Gasteiger partial charge in [-0.2, -0.15) is 0 Å². The zero-order chi connectivity index (χ0) is 20.2. The molecule has 0 saturated carbocycles. The number of likely N-dealkylation sites (N-methyl/N-ethyl adjacent to an activating group) is 1. The van der Waals surface area contributed by atoms with E-state index in [0.717, 1.165) is 42.8 Å². The third kappa shape index (κ3) is 4.60. The summed E-state index contributed by atoms with van der Waals surface area (Å²) >= 11 is 1.80. The number of piperidine rings is 1. The highest BCUT2D eigenvalue weighted by atomic mass is 32.1. The zero-order valence-electron chi connectivity index (χ0n) is 17.1. The van der Waals surface area contributed by atoms with Crippen LogP contribution in [0.1, 0.15) is 29.3 Å². The van der Waals surface area contributed by atoms with Crippen LogP contribution in [0.5, 0.6) is 5.75 Å². The molecule has 2 aromatic carbocycles. The molecule has 1 aromatic heterocycles. The minimum absolute atomic E-state index is 0.177. The number of nitrogens with one attached hydrogen (secondary N) is 1. The van der Waals surface area contributed by atoms with E-state index in [2.05, 4.69) is 18.2 Å². The topological polar surface area (TPSA) is 46.9 Å². The molecule has 2 heterocycles. The monoisotopic (exact) mass is 410 g/mol. The van der Waals surface area contributed by atoms with Crippen LogP contribution in [0.4, 0.5) is 0 Å². The number of likely N-dealkylation sites (tertiary alicyclic amines) is 1. The summed E-state index contributed by atoms with van der Waals surface area (Å²) in [6.07, 6.45) is 2.30. The lowest BCUT2D eigenvalue weighted by atomic mass is 9.98. The van der Waals surface area contributed by atoms with Gasteiger partial charge in [0.2, 0.25) is 0 Å². The molecule has 1 amide bonds. The van der Waals surface area contributed by atoms with Gasteiger partial charge >= 0.3 is 0 Å². The molecule has 152 valence electrons. The molecule has 5 nitrogen and oxygen atoms in total. The fraction of sp³-hybridized carbons (Fsp3) is 0.391. The molecule has 1 aliphatic heterocycles. The van der Waals surface area contributed by atoms with E-state index < -0.39 is 0 Å². The third-order valence-electron chi connectivity index (χ3n) is 5.70. The number of hydrogen-bond acceptors (Lipinski definition) is 4. The summed E-state index contributed by atoms with van der Waals surface area (Å²) in [4.78, 5) is 20.9. The Hall–Kier alpha value is -2.44. The molecule has 2 atom stereocenters. The Labute approximate surface area is 175 Å². The number of rotatable bonds is 6. The number of fused-ring (bicyclic) bond motifs is 1. The SMILES string of the molecule is COc1ccccc1CN(C)C(=O)C[NH+]1CCC[C@H](c2nc3ccccc3s2)C1. The second-order valence-electron chi connectivity index (χ2n) is 7.80. The van der Waals surface area contributed by atoms with Gasteiger partial charge in [0.05, 0.1) is 36.3 Å². The average Bonchev–Trinajstić information content (AvgIpc) is 3.18. The highest BCUT2D eigenvalue weighted by Crippen LogP contribution is 2.30. The molecule has 1 fully saturated rings. The third-order valence-corrected chi connectivity index (χ3v) is 6.90. The van der Waals surface area contributed by atoms with Gasteiger partial charge in [0.25, 0.3) is 5.91 Å². The molecule has 0 spiro atoms. The first-order valence-electron chi connectivity index (χ1n) is 10.2. The van der Waals surface area contributed by atoms with Crippen LogP contribution < -0.4 is 9.64 Å². The van der Waals surface area contributed by atoms with Crippen LogP contribution in [-0.2, 0) is 11.3 Å². The highest BCUT2D eigenvalue weighted by Gasteiger charge is 2.29. The molecule has 0 aliphatic carbocycles. The van der Waals surface area contributed by atoms with E-state index in [9.17, 15) is 4.79 Å². The number of amides is 1. The molecule has 29 heavy (non-hydrogen) atoms. The summed E-state index contributed by atoms with van der Waals surface area (Å²) < 4.78 is 6.67. The van der Waals surface area contributed by atoms with E-state index in [1.807, 2.05) is 42.3 Å². The number of benzene rings is 2. The van der Waals surface area contributed by atoms with Gasteiger partial charge in [0, 0.05) is 19.2 Å². The fourth-order valence-corrected chi connectivity index (χ4v) is 5.22. The van der Waals surface area contributed by atoms with Crippen LogP contribution in [0.2, 0.25) is 0 Å². The highest BCUT2D eigenvalue weighted by molar-refractivity contribution is 7.18. The molecular formula is C23H28N3O2S+. The number of para-hydroxylation sites is 2. The van der Waals surface area contributed by atoms with Crippen molar-refractivity contribution in [3.8, 4) is 5.75 Å². The smallest absolute Gasteiger partial charge is 0.277 e. The molecule has 6 heteroatoms. The number of methoxy groups -OCH3 is 1. The molecule has 1 N–H and O–H groups in total. The van der Waals surface area contributed by atoms with Crippen LogP contribution in [0.3, 0.4) is 0 Å². The molecule has 1 aliphatic rings. The van der Waals surface area contributed by atoms with Crippen LogP contribution in [0, 0.1) is 0 Å². The van der Waals surface area contributed by atoms with Gasteiger partial charge < -0.3 is 14.5 Å². The number of carbonyl (C=O) groups is 1. The maximum atomic E-state index is 12.9. The quantitative estimate of drug-likeness (QED) is 0.680. The minimum Gasteiger partial charge on any atom is -0.496 e. The Morgan fingerprint density at radius 2 is 2.03 bits per heavy atom. The lowest BCUT2D eigenvalue weighted by Gasteiger charge is -2.29. The second-order valence-corrected chi connectivity index (χ2v) is 8.86. The summed E-state index contributed by atoms with van der Waals surface area (Å²) in [5.74, 6) is 1.45. The van der Waals surface area contributed by atoms with Gasteiger partial charge in [0.1, 0.15) is 10.8 Å².